The van der Waals surface area contributed by atoms with Crippen molar-refractivity contribution < 1.29 is 14.6 Å². The summed E-state index contributed by atoms with van der Waals surface area (Å²) in [6.45, 7) is 1.58. The number of nitrogens with two attached hydrogens (primary N) is 1. The number of aliphatic hydroxyl groups excluding tert-OH is 1. The van der Waals surface area contributed by atoms with Gasteiger partial charge in [-0.2, -0.15) is 0 Å². The highest BCUT2D eigenvalue weighted by atomic mass is 35.5. The molecule has 2 atom stereocenters. The van der Waals surface area contributed by atoms with Gasteiger partial charge < -0.3 is 15.6 Å². The number of pyridine rings is 1. The lowest BCUT2D eigenvalue weighted by Gasteiger charge is -2.18. The number of primary amides is 1. The molecular formula is C9H10Cl2N2O3. The molecule has 0 fully saturated rings. The van der Waals surface area contributed by atoms with Gasteiger partial charge in [-0.05, 0) is 6.07 Å². The Bertz CT molecular complexity index is 400. The monoisotopic (exact) mass is 264 g/mol. The molecule has 0 aliphatic heterocycles. The molecule has 0 aromatic carbocycles. The molecule has 5 nitrogen and oxygen atoms in total. The third kappa shape index (κ3) is 2.98. The van der Waals surface area contributed by atoms with Crippen molar-refractivity contribution in [3.8, 4) is 0 Å². The Balaban J connectivity index is 2.91. The van der Waals surface area contributed by atoms with E-state index in [0.29, 0.717) is 10.7 Å². The van der Waals surface area contributed by atoms with Crippen LogP contribution in [0.25, 0.3) is 0 Å². The van der Waals surface area contributed by atoms with Crippen LogP contribution in [0, 0.1) is 0 Å². The molecule has 1 amide bonds. The van der Waals surface area contributed by atoms with Gasteiger partial charge in [-0.3, -0.25) is 4.98 Å². The van der Waals surface area contributed by atoms with Crippen molar-refractivity contribution in [2.24, 2.45) is 5.73 Å². The first kappa shape index (κ1) is 13.0. The molecule has 16 heavy (non-hydrogen) atoms. The number of aromatic nitrogens is 1. The second-order valence-electron chi connectivity index (χ2n) is 3.11. The first-order valence-corrected chi connectivity index (χ1v) is 5.13. The van der Waals surface area contributed by atoms with Crippen LogP contribution in [0.1, 0.15) is 18.5 Å². The van der Waals surface area contributed by atoms with Crippen LogP contribution >= 0.6 is 23.2 Å². The van der Waals surface area contributed by atoms with E-state index in [0.717, 1.165) is 0 Å². The maximum atomic E-state index is 10.5. The van der Waals surface area contributed by atoms with E-state index in [1.807, 2.05) is 0 Å². The Labute approximate surface area is 102 Å². The van der Waals surface area contributed by atoms with E-state index in [9.17, 15) is 9.90 Å². The van der Waals surface area contributed by atoms with Gasteiger partial charge in [0.05, 0.1) is 21.7 Å². The van der Waals surface area contributed by atoms with Crippen molar-refractivity contribution in [2.75, 3.05) is 0 Å². The summed E-state index contributed by atoms with van der Waals surface area (Å²) in [5.74, 6) is -0.626. The number of halogens is 2. The fourth-order valence-corrected chi connectivity index (χ4v) is 1.55. The van der Waals surface area contributed by atoms with Gasteiger partial charge in [-0.1, -0.05) is 30.1 Å². The molecule has 1 heterocycles. The summed E-state index contributed by atoms with van der Waals surface area (Å²) < 4.78 is 4.41. The lowest BCUT2D eigenvalue weighted by molar-refractivity contribution is -0.0636. The normalized spacial score (nSPS) is 14.2. The number of hydrogen-bond acceptors (Lipinski definition) is 4. The van der Waals surface area contributed by atoms with E-state index < -0.39 is 18.3 Å². The fourth-order valence-electron chi connectivity index (χ4n) is 1.11. The maximum absolute atomic E-state index is 10.5. The van der Waals surface area contributed by atoms with E-state index in [1.165, 1.54) is 12.3 Å². The van der Waals surface area contributed by atoms with Crippen LogP contribution in [0.3, 0.4) is 0 Å². The zero-order chi connectivity index (χ0) is 12.3. The van der Waals surface area contributed by atoms with Gasteiger partial charge in [0.2, 0.25) is 6.29 Å². The van der Waals surface area contributed by atoms with E-state index in [2.05, 4.69) is 9.72 Å². The summed E-state index contributed by atoms with van der Waals surface area (Å²) >= 11 is 11.7. The molecule has 1 aromatic heterocycles. The highest BCUT2D eigenvalue weighted by Crippen LogP contribution is 2.30. The number of carbonyl (C=O) groups is 1. The molecule has 0 radical (unpaired) electrons. The zero-order valence-corrected chi connectivity index (χ0v) is 9.87. The topological polar surface area (TPSA) is 85.4 Å². The van der Waals surface area contributed by atoms with Crippen molar-refractivity contribution in [3.63, 3.8) is 0 Å². The van der Waals surface area contributed by atoms with Gasteiger partial charge in [0.1, 0.15) is 0 Å². The summed E-state index contributed by atoms with van der Waals surface area (Å²) in [5, 5.41) is 10.0. The first-order chi connectivity index (χ1) is 7.43. The molecule has 0 aliphatic carbocycles. The molecule has 1 rings (SSSR count). The highest BCUT2D eigenvalue weighted by Gasteiger charge is 2.23. The predicted molar refractivity (Wildman–Crippen MR) is 59.3 cm³/mol. The minimum Gasteiger partial charge on any atom is -0.419 e. The molecule has 0 aliphatic rings. The molecule has 0 saturated carbocycles. The third-order valence-electron chi connectivity index (χ3n) is 1.96. The van der Waals surface area contributed by atoms with E-state index in [1.54, 1.807) is 6.92 Å². The van der Waals surface area contributed by atoms with Crippen LogP contribution in [0.5, 0.6) is 0 Å². The Morgan fingerprint density at radius 1 is 1.62 bits per heavy atom. The Hall–Kier alpha value is -1.04. The van der Waals surface area contributed by atoms with Gasteiger partial charge in [-0.15, -0.1) is 0 Å². The molecule has 0 bridgehead atoms. The predicted octanol–water partition coefficient (Wildman–Crippen LogP) is 1.91. The number of hydrogen-bond donors (Lipinski definition) is 2. The van der Waals surface area contributed by atoms with Crippen LogP contribution in [-0.4, -0.2) is 22.5 Å². The zero-order valence-electron chi connectivity index (χ0n) is 8.35. The van der Waals surface area contributed by atoms with E-state index in [4.69, 9.17) is 28.9 Å². The van der Waals surface area contributed by atoms with E-state index >= 15 is 0 Å². The molecule has 1 aromatic rings. The Morgan fingerprint density at radius 3 is 2.81 bits per heavy atom. The van der Waals surface area contributed by atoms with Gasteiger partial charge >= 0.3 is 6.09 Å². The van der Waals surface area contributed by atoms with Crippen LogP contribution in [0.15, 0.2) is 12.3 Å². The first-order valence-electron chi connectivity index (χ1n) is 4.37. The lowest BCUT2D eigenvalue weighted by atomic mass is 10.1. The minimum atomic E-state index is -1.42. The Morgan fingerprint density at radius 2 is 2.25 bits per heavy atom. The van der Waals surface area contributed by atoms with Gasteiger partial charge in [-0.25, -0.2) is 4.79 Å². The number of rotatable bonds is 3. The summed E-state index contributed by atoms with van der Waals surface area (Å²) in [4.78, 5) is 14.4. The molecule has 3 N–H and O–H groups in total. The van der Waals surface area contributed by atoms with Crippen LogP contribution in [0.2, 0.25) is 10.0 Å². The average Bonchev–Trinajstić information content (AvgIpc) is 2.20. The lowest BCUT2D eigenvalue weighted by Crippen LogP contribution is -2.27. The second-order valence-corrected chi connectivity index (χ2v) is 3.89. The largest absolute Gasteiger partial charge is 0.419 e. The number of ether oxygens (including phenoxy) is 1. The van der Waals surface area contributed by atoms with Gasteiger partial charge in [0.15, 0.2) is 0 Å². The molecular weight excluding hydrogens is 255 g/mol. The fraction of sp³-hybridized carbons (Fsp3) is 0.333. The quantitative estimate of drug-likeness (QED) is 0.817. The third-order valence-corrected chi connectivity index (χ3v) is 2.77. The standard InChI is InChI=1S/C9H10Cl2N2O3/c1-4(8(14)16-9(12)15)7-6(11)5(10)2-3-13-7/h2-4,8,14H,1H3,(H2,12,15). The van der Waals surface area contributed by atoms with Crippen molar-refractivity contribution in [1.29, 1.82) is 0 Å². The van der Waals surface area contributed by atoms with Crippen LogP contribution < -0.4 is 5.73 Å². The van der Waals surface area contributed by atoms with Crippen molar-refractivity contribution in [1.82, 2.24) is 4.98 Å². The number of aliphatic hydroxyl groups is 1. The highest BCUT2D eigenvalue weighted by molar-refractivity contribution is 6.42. The van der Waals surface area contributed by atoms with Crippen molar-refractivity contribution in [3.05, 3.63) is 28.0 Å². The average molecular weight is 265 g/mol. The van der Waals surface area contributed by atoms with Crippen LogP contribution in [0.4, 0.5) is 4.79 Å². The summed E-state index contributed by atoms with van der Waals surface area (Å²) in [5.41, 5.74) is 5.11. The van der Waals surface area contributed by atoms with Gasteiger partial charge in [0.25, 0.3) is 0 Å². The molecule has 0 saturated heterocycles. The molecule has 7 heteroatoms. The number of carbonyl (C=O) groups excluding carboxylic acids is 1. The smallest absolute Gasteiger partial charge is 0.406 e. The van der Waals surface area contributed by atoms with Crippen molar-refractivity contribution >= 4 is 29.3 Å². The Kier molecular flexibility index (Phi) is 4.35. The van der Waals surface area contributed by atoms with Crippen LogP contribution in [-0.2, 0) is 4.74 Å². The molecule has 88 valence electrons. The summed E-state index contributed by atoms with van der Waals surface area (Å²) in [7, 11) is 0. The summed E-state index contributed by atoms with van der Waals surface area (Å²) in [6.07, 6.45) is -1.05. The SMILES string of the molecule is CC(c1nccc(Cl)c1Cl)C(O)OC(N)=O. The molecule has 0 spiro atoms. The summed E-state index contributed by atoms with van der Waals surface area (Å²) in [6, 6.07) is 1.52. The second kappa shape index (κ2) is 5.34. The van der Waals surface area contributed by atoms with Crippen molar-refractivity contribution in [2.45, 2.75) is 19.1 Å². The number of amides is 1. The number of nitrogens with zero attached hydrogens (tertiary/aromatic N) is 1. The minimum absolute atomic E-state index is 0.212. The van der Waals surface area contributed by atoms with E-state index in [-0.39, 0.29) is 5.02 Å². The van der Waals surface area contributed by atoms with Gasteiger partial charge in [0, 0.05) is 6.20 Å². The maximum Gasteiger partial charge on any atom is 0.406 e. The molecule has 2 unspecified atom stereocenters.